The number of halogens is 2. The van der Waals surface area contributed by atoms with Gasteiger partial charge in [0.2, 0.25) is 0 Å². The molecule has 5 rings (SSSR count). The van der Waals surface area contributed by atoms with Crippen molar-refractivity contribution in [1.82, 2.24) is 15.2 Å². The Kier molecular flexibility index (Phi) is 8.56. The maximum Gasteiger partial charge on any atom is 0.415 e. The Labute approximate surface area is 218 Å². The van der Waals surface area contributed by atoms with Gasteiger partial charge in [-0.15, -0.1) is 35.0 Å². The summed E-state index contributed by atoms with van der Waals surface area (Å²) >= 11 is 0. The first-order chi connectivity index (χ1) is 16.0. The number of nitrogens with one attached hydrogen (secondary N) is 1. The van der Waals surface area contributed by atoms with Gasteiger partial charge in [0.05, 0.1) is 17.9 Å². The average molecular weight is 516 g/mol. The van der Waals surface area contributed by atoms with E-state index in [0.717, 1.165) is 60.7 Å². The van der Waals surface area contributed by atoms with E-state index in [2.05, 4.69) is 39.6 Å². The molecule has 7 nitrogen and oxygen atoms in total. The summed E-state index contributed by atoms with van der Waals surface area (Å²) in [5.41, 5.74) is 4.56. The summed E-state index contributed by atoms with van der Waals surface area (Å²) in [5, 5.41) is 12.2. The van der Waals surface area contributed by atoms with E-state index in [1.54, 1.807) is 11.1 Å². The van der Waals surface area contributed by atoms with Gasteiger partial charge >= 0.3 is 6.09 Å². The Morgan fingerprint density at radius 3 is 2.51 bits per heavy atom. The number of carbonyl (C=O) groups is 1. The smallest absolute Gasteiger partial charge is 0.415 e. The second kappa shape index (κ2) is 11.2. The summed E-state index contributed by atoms with van der Waals surface area (Å²) in [6.45, 7) is 5.47. The number of hydrogen-bond donors (Lipinski definition) is 1. The van der Waals surface area contributed by atoms with Gasteiger partial charge in [0.15, 0.2) is 0 Å². The van der Waals surface area contributed by atoms with E-state index in [0.29, 0.717) is 12.5 Å². The van der Waals surface area contributed by atoms with E-state index in [4.69, 9.17) is 4.74 Å². The molecule has 1 amide bonds. The molecule has 9 heteroatoms. The minimum absolute atomic E-state index is 0. The van der Waals surface area contributed by atoms with Gasteiger partial charge in [0, 0.05) is 24.0 Å². The van der Waals surface area contributed by atoms with Crippen LogP contribution in [0, 0.1) is 19.8 Å². The van der Waals surface area contributed by atoms with E-state index >= 15 is 0 Å². The second-order valence-electron chi connectivity index (χ2n) is 9.24. The van der Waals surface area contributed by atoms with E-state index in [9.17, 15) is 4.79 Å². The second-order valence-corrected chi connectivity index (χ2v) is 9.24. The Morgan fingerprint density at radius 1 is 1.06 bits per heavy atom. The number of anilines is 2. The Morgan fingerprint density at radius 2 is 1.83 bits per heavy atom. The van der Waals surface area contributed by atoms with Crippen LogP contribution in [0.15, 0.2) is 54.7 Å². The number of aryl methyl sites for hydroxylation is 2. The van der Waals surface area contributed by atoms with Crippen molar-refractivity contribution < 1.29 is 9.53 Å². The molecule has 1 spiro atoms. The third kappa shape index (κ3) is 5.85. The minimum atomic E-state index is -0.375. The number of carbonyl (C=O) groups excluding carboxylic acids is 1. The maximum absolute atomic E-state index is 12.6. The summed E-state index contributed by atoms with van der Waals surface area (Å²) in [7, 11) is 0. The van der Waals surface area contributed by atoms with Gasteiger partial charge in [0.25, 0.3) is 0 Å². The van der Waals surface area contributed by atoms with Crippen LogP contribution in [0.4, 0.5) is 16.3 Å². The highest BCUT2D eigenvalue weighted by molar-refractivity contribution is 5.90. The molecule has 1 saturated carbocycles. The molecule has 3 aromatic rings. The van der Waals surface area contributed by atoms with Gasteiger partial charge in [-0.2, -0.15) is 0 Å². The van der Waals surface area contributed by atoms with Gasteiger partial charge in [-0.05, 0) is 75.3 Å². The molecule has 1 N–H and O–H groups in total. The molecule has 2 aliphatic rings. The molecule has 0 atom stereocenters. The fourth-order valence-corrected chi connectivity index (χ4v) is 4.87. The fourth-order valence-electron chi connectivity index (χ4n) is 4.87. The van der Waals surface area contributed by atoms with Gasteiger partial charge in [-0.25, -0.2) is 4.79 Å². The lowest BCUT2D eigenvalue weighted by Gasteiger charge is -2.35. The van der Waals surface area contributed by atoms with Crippen LogP contribution in [0.1, 0.15) is 36.9 Å². The van der Waals surface area contributed by atoms with Crippen LogP contribution in [0.5, 0.6) is 0 Å². The van der Waals surface area contributed by atoms with Crippen LogP contribution in [0.25, 0.3) is 11.3 Å². The van der Waals surface area contributed by atoms with E-state index in [1.807, 2.05) is 43.3 Å². The maximum atomic E-state index is 12.6. The molecule has 0 radical (unpaired) electrons. The lowest BCUT2D eigenvalue weighted by Crippen LogP contribution is -2.39. The monoisotopic (exact) mass is 515 g/mol. The van der Waals surface area contributed by atoms with Crippen molar-refractivity contribution in [3.05, 3.63) is 66.0 Å². The molecule has 35 heavy (non-hydrogen) atoms. The summed E-state index contributed by atoms with van der Waals surface area (Å²) < 4.78 is 5.90. The highest BCUT2D eigenvalue weighted by Crippen LogP contribution is 2.40. The first-order valence-corrected chi connectivity index (χ1v) is 11.6. The van der Waals surface area contributed by atoms with Crippen molar-refractivity contribution >= 4 is 42.4 Å². The number of rotatable bonds is 5. The van der Waals surface area contributed by atoms with Crippen LogP contribution in [-0.4, -0.2) is 40.0 Å². The number of pyridine rings is 1. The predicted molar refractivity (Wildman–Crippen MR) is 143 cm³/mol. The quantitative estimate of drug-likeness (QED) is 0.448. The molecule has 1 aliphatic heterocycles. The zero-order valence-corrected chi connectivity index (χ0v) is 21.6. The number of ether oxygens (including phenoxy) is 1. The lowest BCUT2D eigenvalue weighted by atomic mass is 9.78. The molecule has 0 unspecified atom stereocenters. The summed E-state index contributed by atoms with van der Waals surface area (Å²) in [4.78, 5) is 18.5. The van der Waals surface area contributed by atoms with Crippen LogP contribution in [0.3, 0.4) is 0 Å². The lowest BCUT2D eigenvalue weighted by molar-refractivity contribution is 0.0148. The Bertz CT molecular complexity index is 1150. The molecule has 1 saturated heterocycles. The Balaban J connectivity index is 0.00000171. The minimum Gasteiger partial charge on any atom is -0.441 e. The highest BCUT2D eigenvalue weighted by Gasteiger charge is 2.47. The molecule has 2 aromatic heterocycles. The van der Waals surface area contributed by atoms with Crippen LogP contribution in [0.2, 0.25) is 0 Å². The summed E-state index contributed by atoms with van der Waals surface area (Å²) in [5.74, 6) is 1.31. The largest absolute Gasteiger partial charge is 0.441 e. The average Bonchev–Trinajstić information content (AvgIpc) is 3.15. The van der Waals surface area contributed by atoms with Crippen molar-refractivity contribution in [3.63, 3.8) is 0 Å². The zero-order valence-electron chi connectivity index (χ0n) is 19.9. The molecule has 1 aliphatic carbocycles. The van der Waals surface area contributed by atoms with Crippen LogP contribution >= 0.6 is 24.8 Å². The zero-order chi connectivity index (χ0) is 22.8. The topological polar surface area (TPSA) is 80.2 Å². The number of benzene rings is 1. The van der Waals surface area contributed by atoms with Crippen molar-refractivity contribution in [2.24, 2.45) is 5.92 Å². The normalized spacial score (nSPS) is 21.1. The van der Waals surface area contributed by atoms with Crippen molar-refractivity contribution in [1.29, 1.82) is 0 Å². The molecule has 1 aromatic carbocycles. The van der Waals surface area contributed by atoms with E-state index < -0.39 is 0 Å². The molecule has 2 fully saturated rings. The molecular formula is C26H31Cl2N5O2. The van der Waals surface area contributed by atoms with Gasteiger partial charge in [-0.3, -0.25) is 9.88 Å². The molecular weight excluding hydrogens is 485 g/mol. The number of hydrogen-bond acceptors (Lipinski definition) is 6. The van der Waals surface area contributed by atoms with Crippen molar-refractivity contribution in [2.45, 2.75) is 45.1 Å². The SMILES string of the molecule is Cc1cc(N2C[C@]3(CC[C@@H](CNc4ccc(-c5ccccc5C)nn4)CC3)OC2=O)ccn1.Cl.Cl. The standard InChI is InChI=1S/C26H29N5O2.2ClH/c1-18-5-3-4-6-22(18)23-7-8-24(30-29-23)28-16-20-9-12-26(13-10-20)17-31(25(32)33-26)21-11-14-27-19(2)15-21;;/h3-8,11,14-15,20H,9-10,12-13,16-17H2,1-2H3,(H,28,30);2*1H/t20-,26-;;. The van der Waals surface area contributed by atoms with Crippen molar-refractivity contribution in [2.75, 3.05) is 23.3 Å². The predicted octanol–water partition coefficient (Wildman–Crippen LogP) is 6.00. The fraction of sp³-hybridized carbons (Fsp3) is 0.385. The summed E-state index contributed by atoms with van der Waals surface area (Å²) in [6, 6.07) is 16.0. The molecule has 3 heterocycles. The Hall–Kier alpha value is -2.90. The first-order valence-electron chi connectivity index (χ1n) is 11.6. The first kappa shape index (κ1) is 26.7. The van der Waals surface area contributed by atoms with Gasteiger partial charge in [0.1, 0.15) is 11.4 Å². The van der Waals surface area contributed by atoms with Gasteiger partial charge in [-0.1, -0.05) is 24.3 Å². The third-order valence-electron chi connectivity index (χ3n) is 6.84. The number of nitrogens with zero attached hydrogens (tertiary/aromatic N) is 4. The van der Waals surface area contributed by atoms with E-state index in [-0.39, 0.29) is 36.5 Å². The van der Waals surface area contributed by atoms with Crippen molar-refractivity contribution in [3.8, 4) is 11.3 Å². The summed E-state index contributed by atoms with van der Waals surface area (Å²) in [6.07, 6.45) is 5.27. The van der Waals surface area contributed by atoms with Gasteiger partial charge < -0.3 is 10.1 Å². The van der Waals surface area contributed by atoms with E-state index in [1.165, 1.54) is 5.56 Å². The number of aromatic nitrogens is 3. The molecule has 0 bridgehead atoms. The van der Waals surface area contributed by atoms with Crippen LogP contribution in [-0.2, 0) is 4.74 Å². The number of amides is 1. The molecule has 186 valence electrons. The third-order valence-corrected chi connectivity index (χ3v) is 6.84. The highest BCUT2D eigenvalue weighted by atomic mass is 35.5. The van der Waals surface area contributed by atoms with Crippen LogP contribution < -0.4 is 10.2 Å².